The van der Waals surface area contributed by atoms with Gasteiger partial charge in [0.15, 0.2) is 0 Å². The topological polar surface area (TPSA) is 55.0 Å². The molecule has 1 saturated carbocycles. The molecule has 1 aliphatic rings. The van der Waals surface area contributed by atoms with E-state index in [9.17, 15) is 4.79 Å². The van der Waals surface area contributed by atoms with E-state index in [0.717, 1.165) is 12.3 Å². The van der Waals surface area contributed by atoms with E-state index >= 15 is 0 Å². The summed E-state index contributed by atoms with van der Waals surface area (Å²) in [5.41, 5.74) is -0.152. The number of hydrogen-bond donors (Lipinski definition) is 1. The average molecular weight is 208 g/mol. The lowest BCUT2D eigenvalue weighted by Gasteiger charge is -2.24. The molecule has 1 fully saturated rings. The van der Waals surface area contributed by atoms with Gasteiger partial charge in [-0.1, -0.05) is 19.3 Å². The fourth-order valence-electron chi connectivity index (χ4n) is 1.74. The van der Waals surface area contributed by atoms with Gasteiger partial charge in [-0.2, -0.15) is 0 Å². The number of aryl methyl sites for hydroxylation is 1. The first-order valence-electron chi connectivity index (χ1n) is 5.45. The summed E-state index contributed by atoms with van der Waals surface area (Å²) in [6.07, 6.45) is 5.08. The number of nitrogens with one attached hydrogen (secondary N) is 1. The first-order chi connectivity index (χ1) is 7.24. The number of aromatic nitrogens is 2. The number of ether oxygens (including phenoxy) is 1. The molecule has 0 aliphatic heterocycles. The molecule has 4 nitrogen and oxygen atoms in total. The lowest BCUT2D eigenvalue weighted by atomic mass is 9.83. The minimum Gasteiger partial charge on any atom is -0.477 e. The number of H-pyrrole nitrogens is 1. The molecule has 1 aliphatic carbocycles. The third-order valence-electron chi connectivity index (χ3n) is 2.84. The van der Waals surface area contributed by atoms with E-state index in [2.05, 4.69) is 9.97 Å². The zero-order valence-corrected chi connectivity index (χ0v) is 8.95. The molecule has 1 aromatic heterocycles. The van der Waals surface area contributed by atoms with E-state index in [1.807, 2.05) is 0 Å². The van der Waals surface area contributed by atoms with E-state index in [1.54, 1.807) is 6.92 Å². The van der Waals surface area contributed by atoms with E-state index in [0.29, 0.717) is 18.3 Å². The van der Waals surface area contributed by atoms with Gasteiger partial charge in [0.2, 0.25) is 5.88 Å². The Bertz CT molecular complexity index is 382. The summed E-state index contributed by atoms with van der Waals surface area (Å²) in [4.78, 5) is 17.8. The molecule has 4 heteroatoms. The van der Waals surface area contributed by atoms with Crippen LogP contribution in [0.5, 0.6) is 5.88 Å². The Morgan fingerprint density at radius 2 is 2.40 bits per heavy atom. The van der Waals surface area contributed by atoms with E-state index in [1.165, 1.54) is 25.3 Å². The highest BCUT2D eigenvalue weighted by Gasteiger charge is 2.16. The van der Waals surface area contributed by atoms with Crippen molar-refractivity contribution in [1.82, 2.24) is 9.97 Å². The zero-order valence-electron chi connectivity index (χ0n) is 8.95. The maximum absolute atomic E-state index is 11.1. The van der Waals surface area contributed by atoms with Crippen molar-refractivity contribution in [3.8, 4) is 5.88 Å². The summed E-state index contributed by atoms with van der Waals surface area (Å²) < 4.78 is 5.44. The fraction of sp³-hybridized carbons (Fsp3) is 0.636. The quantitative estimate of drug-likeness (QED) is 0.818. The molecule has 0 amide bonds. The first kappa shape index (κ1) is 10.2. The van der Waals surface area contributed by atoms with Gasteiger partial charge in [0.05, 0.1) is 12.7 Å². The van der Waals surface area contributed by atoms with Crippen LogP contribution in [-0.2, 0) is 0 Å². The molecule has 15 heavy (non-hydrogen) atoms. The van der Waals surface area contributed by atoms with Gasteiger partial charge in [0, 0.05) is 0 Å². The van der Waals surface area contributed by atoms with Crippen LogP contribution in [0.2, 0.25) is 0 Å². The fourth-order valence-corrected chi connectivity index (χ4v) is 1.74. The van der Waals surface area contributed by atoms with Gasteiger partial charge in [0.1, 0.15) is 5.82 Å². The van der Waals surface area contributed by atoms with Crippen molar-refractivity contribution in [2.45, 2.75) is 32.6 Å². The molecular formula is C11H16N2O2. The van der Waals surface area contributed by atoms with Crippen molar-refractivity contribution in [2.24, 2.45) is 5.92 Å². The maximum Gasteiger partial charge on any atom is 0.254 e. The maximum atomic E-state index is 11.1. The minimum atomic E-state index is -0.152. The Morgan fingerprint density at radius 1 is 1.60 bits per heavy atom. The number of hydrogen-bond acceptors (Lipinski definition) is 3. The van der Waals surface area contributed by atoms with Gasteiger partial charge in [-0.25, -0.2) is 4.98 Å². The third kappa shape index (κ3) is 2.81. The molecule has 0 atom stereocenters. The number of aromatic amines is 1. The van der Waals surface area contributed by atoms with Gasteiger partial charge in [-0.15, -0.1) is 0 Å². The van der Waals surface area contributed by atoms with E-state index in [-0.39, 0.29) is 5.56 Å². The second-order valence-electron chi connectivity index (χ2n) is 4.10. The van der Waals surface area contributed by atoms with Crippen LogP contribution in [0.4, 0.5) is 0 Å². The van der Waals surface area contributed by atoms with Crippen LogP contribution in [0.15, 0.2) is 10.9 Å². The predicted molar refractivity (Wildman–Crippen MR) is 57.0 cm³/mol. The normalized spacial score (nSPS) is 16.1. The van der Waals surface area contributed by atoms with Gasteiger partial charge in [0.25, 0.3) is 5.56 Å². The van der Waals surface area contributed by atoms with Gasteiger partial charge in [-0.3, -0.25) is 4.79 Å². The summed E-state index contributed by atoms with van der Waals surface area (Å²) in [5.74, 6) is 1.87. The van der Waals surface area contributed by atoms with Crippen LogP contribution in [0.25, 0.3) is 0 Å². The molecule has 0 bridgehead atoms. The Hall–Kier alpha value is -1.32. The monoisotopic (exact) mass is 208 g/mol. The molecule has 82 valence electrons. The van der Waals surface area contributed by atoms with Crippen molar-refractivity contribution in [1.29, 1.82) is 0 Å². The van der Waals surface area contributed by atoms with Gasteiger partial charge < -0.3 is 9.72 Å². The SMILES string of the molecule is Cc1nc(OCCC2CCC2)cc(=O)[nH]1. The first-order valence-corrected chi connectivity index (χ1v) is 5.45. The van der Waals surface area contributed by atoms with Crippen LogP contribution in [0.1, 0.15) is 31.5 Å². The molecule has 0 unspecified atom stereocenters. The van der Waals surface area contributed by atoms with E-state index in [4.69, 9.17) is 4.74 Å². The molecule has 1 heterocycles. The van der Waals surface area contributed by atoms with Crippen molar-refractivity contribution < 1.29 is 4.74 Å². The molecule has 2 rings (SSSR count). The average Bonchev–Trinajstić information content (AvgIpc) is 2.07. The van der Waals surface area contributed by atoms with Crippen LogP contribution < -0.4 is 10.3 Å². The minimum absolute atomic E-state index is 0.152. The van der Waals surface area contributed by atoms with Crippen LogP contribution in [0, 0.1) is 12.8 Å². The number of rotatable bonds is 4. The highest BCUT2D eigenvalue weighted by molar-refractivity contribution is 5.07. The largest absolute Gasteiger partial charge is 0.477 e. The highest BCUT2D eigenvalue weighted by atomic mass is 16.5. The smallest absolute Gasteiger partial charge is 0.254 e. The predicted octanol–water partition coefficient (Wildman–Crippen LogP) is 1.65. The zero-order chi connectivity index (χ0) is 10.7. The number of nitrogens with zero attached hydrogens (tertiary/aromatic N) is 1. The van der Waals surface area contributed by atoms with Crippen molar-refractivity contribution in [2.75, 3.05) is 6.61 Å². The summed E-state index contributed by atoms with van der Waals surface area (Å²) in [7, 11) is 0. The third-order valence-corrected chi connectivity index (χ3v) is 2.84. The van der Waals surface area contributed by atoms with Crippen LogP contribution in [0.3, 0.4) is 0 Å². The molecule has 1 N–H and O–H groups in total. The standard InChI is InChI=1S/C11H16N2O2/c1-8-12-10(14)7-11(13-8)15-6-5-9-3-2-4-9/h7,9H,2-6H2,1H3,(H,12,13,14). The van der Waals surface area contributed by atoms with E-state index < -0.39 is 0 Å². The molecule has 0 saturated heterocycles. The van der Waals surface area contributed by atoms with Crippen LogP contribution in [-0.4, -0.2) is 16.6 Å². The second kappa shape index (κ2) is 4.47. The second-order valence-corrected chi connectivity index (χ2v) is 4.10. The van der Waals surface area contributed by atoms with Crippen molar-refractivity contribution >= 4 is 0 Å². The van der Waals surface area contributed by atoms with Crippen LogP contribution >= 0.6 is 0 Å². The van der Waals surface area contributed by atoms with Crippen molar-refractivity contribution in [3.05, 3.63) is 22.2 Å². The Labute approximate surface area is 88.7 Å². The Kier molecular flexibility index (Phi) is 3.04. The highest BCUT2D eigenvalue weighted by Crippen LogP contribution is 2.29. The summed E-state index contributed by atoms with van der Waals surface area (Å²) in [6, 6.07) is 1.40. The van der Waals surface area contributed by atoms with Crippen molar-refractivity contribution in [3.63, 3.8) is 0 Å². The summed E-state index contributed by atoms with van der Waals surface area (Å²) in [6.45, 7) is 2.42. The summed E-state index contributed by atoms with van der Waals surface area (Å²) in [5, 5.41) is 0. The van der Waals surface area contributed by atoms with Gasteiger partial charge in [-0.05, 0) is 19.3 Å². The van der Waals surface area contributed by atoms with Gasteiger partial charge >= 0.3 is 0 Å². The summed E-state index contributed by atoms with van der Waals surface area (Å²) >= 11 is 0. The Morgan fingerprint density at radius 3 is 3.00 bits per heavy atom. The Balaban J connectivity index is 1.84. The lowest BCUT2D eigenvalue weighted by molar-refractivity contribution is 0.216. The molecule has 0 spiro atoms. The molecule has 0 aromatic carbocycles. The molecular weight excluding hydrogens is 192 g/mol. The lowest BCUT2D eigenvalue weighted by Crippen LogP contribution is -2.16. The molecule has 0 radical (unpaired) electrons. The molecule has 1 aromatic rings.